The highest BCUT2D eigenvalue weighted by molar-refractivity contribution is 6.50. The smallest absolute Gasteiger partial charge is 0.261 e. The number of hydrogen-bond acceptors (Lipinski definition) is 2. The fourth-order valence-corrected chi connectivity index (χ4v) is 7.94. The standard InChI is InChI=1S/C45H63N3O2/c1-4-6-8-10-12-14-16-18-20-26-32-47-34-38(36-28-22-24-30-40(36)47)42-43(45(50)46(3)44(42)49)39-35-48(41-31-25-23-29-37(39)41)33-27-21-19-17-15-13-11-9-7-5-2/h22-25,28-31,34-35H,4-21,26-27,32-33H2,1-3H3. The fourth-order valence-electron chi connectivity index (χ4n) is 7.94. The van der Waals surface area contributed by atoms with E-state index in [4.69, 9.17) is 0 Å². The highest BCUT2D eigenvalue weighted by Crippen LogP contribution is 2.41. The maximum absolute atomic E-state index is 13.9. The molecule has 5 heteroatoms. The molecule has 0 saturated carbocycles. The molecule has 0 unspecified atom stereocenters. The van der Waals surface area contributed by atoms with Crippen LogP contribution in [-0.4, -0.2) is 32.9 Å². The van der Waals surface area contributed by atoms with Crippen molar-refractivity contribution >= 4 is 44.8 Å². The first-order chi connectivity index (χ1) is 24.6. The second-order valence-corrected chi connectivity index (χ2v) is 14.8. The number of aromatic nitrogens is 2. The van der Waals surface area contributed by atoms with Gasteiger partial charge < -0.3 is 9.13 Å². The van der Waals surface area contributed by atoms with Crippen LogP contribution in [0.3, 0.4) is 0 Å². The third-order valence-corrected chi connectivity index (χ3v) is 10.9. The van der Waals surface area contributed by atoms with Crippen molar-refractivity contribution in [2.45, 2.75) is 155 Å². The summed E-state index contributed by atoms with van der Waals surface area (Å²) in [6.45, 7) is 6.37. The van der Waals surface area contributed by atoms with E-state index in [-0.39, 0.29) is 11.8 Å². The Bertz CT molecular complexity index is 1580. The van der Waals surface area contributed by atoms with Crippen molar-refractivity contribution in [2.24, 2.45) is 0 Å². The monoisotopic (exact) mass is 677 g/mol. The molecule has 5 nitrogen and oxygen atoms in total. The minimum atomic E-state index is -0.210. The first-order valence-electron chi connectivity index (χ1n) is 20.3. The Morgan fingerprint density at radius 2 is 0.760 bits per heavy atom. The first-order valence-corrected chi connectivity index (χ1v) is 20.3. The topological polar surface area (TPSA) is 47.2 Å². The summed E-state index contributed by atoms with van der Waals surface area (Å²) in [5.41, 5.74) is 5.08. The van der Waals surface area contributed by atoms with E-state index in [0.29, 0.717) is 11.1 Å². The Morgan fingerprint density at radius 1 is 0.440 bits per heavy atom. The van der Waals surface area contributed by atoms with E-state index in [0.717, 1.165) is 58.9 Å². The zero-order valence-corrected chi connectivity index (χ0v) is 31.5. The number of fused-ring (bicyclic) bond motifs is 2. The number of likely N-dealkylation sites (N-methyl/N-ethyl adjacent to an activating group) is 1. The van der Waals surface area contributed by atoms with Crippen LogP contribution in [0.5, 0.6) is 0 Å². The van der Waals surface area contributed by atoms with Gasteiger partial charge in [0.05, 0.1) is 11.1 Å². The fraction of sp³-hybridized carbons (Fsp3) is 0.556. The number of hydrogen-bond donors (Lipinski definition) is 0. The maximum Gasteiger partial charge on any atom is 0.261 e. The van der Waals surface area contributed by atoms with Crippen LogP contribution in [0.15, 0.2) is 60.9 Å². The van der Waals surface area contributed by atoms with Crippen LogP contribution in [0, 0.1) is 0 Å². The predicted octanol–water partition coefficient (Wildman–Crippen LogP) is 12.3. The van der Waals surface area contributed by atoms with Gasteiger partial charge in [0.25, 0.3) is 11.8 Å². The van der Waals surface area contributed by atoms with Gasteiger partial charge in [-0.05, 0) is 25.0 Å². The molecule has 0 spiro atoms. The van der Waals surface area contributed by atoms with E-state index in [2.05, 4.69) is 71.8 Å². The Balaban J connectivity index is 1.31. The lowest BCUT2D eigenvalue weighted by Crippen LogP contribution is -2.26. The third-order valence-electron chi connectivity index (χ3n) is 10.9. The van der Waals surface area contributed by atoms with E-state index in [1.54, 1.807) is 7.05 Å². The van der Waals surface area contributed by atoms with Gasteiger partial charge in [-0.3, -0.25) is 14.5 Å². The molecule has 50 heavy (non-hydrogen) atoms. The van der Waals surface area contributed by atoms with Crippen molar-refractivity contribution in [1.29, 1.82) is 0 Å². The van der Waals surface area contributed by atoms with Crippen molar-refractivity contribution in [3.63, 3.8) is 0 Å². The van der Waals surface area contributed by atoms with Gasteiger partial charge in [-0.25, -0.2) is 0 Å². The molecule has 0 aliphatic carbocycles. The van der Waals surface area contributed by atoms with Crippen molar-refractivity contribution in [3.05, 3.63) is 72.1 Å². The summed E-state index contributed by atoms with van der Waals surface area (Å²) in [7, 11) is 1.63. The molecule has 0 bridgehead atoms. The molecule has 0 atom stereocenters. The normalized spacial score (nSPS) is 13.6. The van der Waals surface area contributed by atoms with E-state index in [9.17, 15) is 9.59 Å². The van der Waals surface area contributed by atoms with E-state index < -0.39 is 0 Å². The summed E-state index contributed by atoms with van der Waals surface area (Å²) in [4.78, 5) is 29.2. The lowest BCUT2D eigenvalue weighted by Gasteiger charge is -2.06. The van der Waals surface area contributed by atoms with Gasteiger partial charge in [0.15, 0.2) is 0 Å². The number of amides is 2. The molecule has 5 rings (SSSR count). The van der Waals surface area contributed by atoms with Gasteiger partial charge in [-0.2, -0.15) is 0 Å². The van der Waals surface area contributed by atoms with Crippen molar-refractivity contribution in [3.8, 4) is 0 Å². The molecule has 1 aliphatic heterocycles. The number of nitrogens with zero attached hydrogens (tertiary/aromatic N) is 3. The molecule has 0 fully saturated rings. The lowest BCUT2D eigenvalue weighted by molar-refractivity contribution is -0.134. The average Bonchev–Trinajstić information content (AvgIpc) is 3.75. The Hall–Kier alpha value is -3.60. The number of para-hydroxylation sites is 2. The zero-order valence-electron chi connectivity index (χ0n) is 31.5. The summed E-state index contributed by atoms with van der Waals surface area (Å²) in [6, 6.07) is 16.7. The number of benzene rings is 2. The van der Waals surface area contributed by atoms with Crippen LogP contribution in [0.2, 0.25) is 0 Å². The molecule has 2 aromatic carbocycles. The van der Waals surface area contributed by atoms with Crippen LogP contribution in [0.1, 0.15) is 153 Å². The number of imide groups is 1. The highest BCUT2D eigenvalue weighted by Gasteiger charge is 2.39. The molecular weight excluding hydrogens is 615 g/mol. The van der Waals surface area contributed by atoms with Gasteiger partial charge in [-0.15, -0.1) is 0 Å². The number of rotatable bonds is 24. The van der Waals surface area contributed by atoms with Gasteiger partial charge in [0.2, 0.25) is 0 Å². The van der Waals surface area contributed by atoms with E-state index in [1.807, 2.05) is 12.1 Å². The molecule has 2 aromatic heterocycles. The lowest BCUT2D eigenvalue weighted by atomic mass is 9.95. The highest BCUT2D eigenvalue weighted by atomic mass is 16.2. The van der Waals surface area contributed by atoms with Crippen molar-refractivity contribution < 1.29 is 9.59 Å². The van der Waals surface area contributed by atoms with Gasteiger partial charge in [0, 0.05) is 65.5 Å². The first kappa shape index (κ1) is 37.7. The van der Waals surface area contributed by atoms with Crippen LogP contribution < -0.4 is 0 Å². The molecular formula is C45H63N3O2. The summed E-state index contributed by atoms with van der Waals surface area (Å²) >= 11 is 0. The average molecular weight is 678 g/mol. The molecule has 0 saturated heterocycles. The second-order valence-electron chi connectivity index (χ2n) is 14.8. The van der Waals surface area contributed by atoms with Crippen molar-refractivity contribution in [2.75, 3.05) is 7.05 Å². The van der Waals surface area contributed by atoms with E-state index in [1.165, 1.54) is 120 Å². The largest absolute Gasteiger partial charge is 0.347 e. The Labute approximate surface area is 302 Å². The van der Waals surface area contributed by atoms with Crippen LogP contribution in [0.4, 0.5) is 0 Å². The number of carbonyl (C=O) groups excluding carboxylic acids is 2. The van der Waals surface area contributed by atoms with E-state index >= 15 is 0 Å². The summed E-state index contributed by atoms with van der Waals surface area (Å²) < 4.78 is 4.62. The van der Waals surface area contributed by atoms with Gasteiger partial charge in [0.1, 0.15) is 0 Å². The minimum Gasteiger partial charge on any atom is -0.347 e. The predicted molar refractivity (Wildman–Crippen MR) is 212 cm³/mol. The van der Waals surface area contributed by atoms with Crippen LogP contribution in [0.25, 0.3) is 33.0 Å². The van der Waals surface area contributed by atoms with Gasteiger partial charge in [-0.1, -0.05) is 166 Å². The third kappa shape index (κ3) is 9.38. The molecule has 3 heterocycles. The Morgan fingerprint density at radius 3 is 1.12 bits per heavy atom. The summed E-state index contributed by atoms with van der Waals surface area (Å²) in [5, 5.41) is 2.08. The number of aryl methyl sites for hydroxylation is 2. The molecule has 0 radical (unpaired) electrons. The zero-order chi connectivity index (χ0) is 35.1. The summed E-state index contributed by atoms with van der Waals surface area (Å²) in [5.74, 6) is -0.420. The molecule has 2 amide bonds. The molecule has 270 valence electrons. The molecule has 1 aliphatic rings. The van der Waals surface area contributed by atoms with Crippen molar-refractivity contribution in [1.82, 2.24) is 14.0 Å². The van der Waals surface area contributed by atoms with Crippen LogP contribution >= 0.6 is 0 Å². The quantitative estimate of drug-likeness (QED) is 0.0547. The number of unbranched alkanes of at least 4 members (excludes halogenated alkanes) is 18. The van der Waals surface area contributed by atoms with Crippen LogP contribution in [-0.2, 0) is 22.7 Å². The summed E-state index contributed by atoms with van der Waals surface area (Å²) in [6.07, 6.45) is 30.4. The molecule has 0 N–H and O–H groups in total. The SMILES string of the molecule is CCCCCCCCCCCCn1cc(C2=C(c3cn(CCCCCCCCCCCC)c4ccccc34)C(=O)N(C)C2=O)c2ccccc21. The number of carbonyl (C=O) groups is 2. The van der Waals surface area contributed by atoms with Gasteiger partial charge >= 0.3 is 0 Å². The second kappa shape index (κ2) is 19.7. The Kier molecular flexibility index (Phi) is 14.8. The molecule has 4 aromatic rings. The minimum absolute atomic E-state index is 0.210. The maximum atomic E-state index is 13.9.